The number of halogens is 2. The van der Waals surface area contributed by atoms with Crippen molar-refractivity contribution in [2.45, 2.75) is 24.9 Å². The summed E-state index contributed by atoms with van der Waals surface area (Å²) < 4.78 is 13.0. The second kappa shape index (κ2) is 3.11. The SMILES string of the molecule is Oc1c(F)cc(Cl)cc1CC1(O)CC1. The van der Waals surface area contributed by atoms with Gasteiger partial charge in [0.05, 0.1) is 5.60 Å². The Morgan fingerprint density at radius 3 is 2.64 bits per heavy atom. The molecular formula is C10H10ClFO2. The number of hydrogen-bond acceptors (Lipinski definition) is 2. The van der Waals surface area contributed by atoms with Crippen LogP contribution in [0.4, 0.5) is 4.39 Å². The maximum absolute atomic E-state index is 13.0. The monoisotopic (exact) mass is 216 g/mol. The van der Waals surface area contributed by atoms with Crippen LogP contribution in [0, 0.1) is 5.82 Å². The highest BCUT2D eigenvalue weighted by Crippen LogP contribution is 2.40. The van der Waals surface area contributed by atoms with E-state index < -0.39 is 17.2 Å². The minimum atomic E-state index is -0.755. The van der Waals surface area contributed by atoms with Crippen molar-refractivity contribution in [1.29, 1.82) is 0 Å². The molecule has 0 atom stereocenters. The van der Waals surface area contributed by atoms with Crippen LogP contribution in [0.1, 0.15) is 18.4 Å². The summed E-state index contributed by atoms with van der Waals surface area (Å²) in [7, 11) is 0. The van der Waals surface area contributed by atoms with E-state index in [1.54, 1.807) is 0 Å². The Balaban J connectivity index is 2.32. The van der Waals surface area contributed by atoms with Crippen LogP contribution in [0.3, 0.4) is 0 Å². The summed E-state index contributed by atoms with van der Waals surface area (Å²) in [6.45, 7) is 0. The number of phenols is 1. The third-order valence-corrected chi connectivity index (χ3v) is 2.67. The van der Waals surface area contributed by atoms with Crippen LogP contribution < -0.4 is 0 Å². The lowest BCUT2D eigenvalue weighted by Gasteiger charge is -2.10. The minimum Gasteiger partial charge on any atom is -0.505 e. The van der Waals surface area contributed by atoms with Crippen molar-refractivity contribution in [2.75, 3.05) is 0 Å². The second-order valence-corrected chi connectivity index (χ2v) is 4.23. The summed E-state index contributed by atoms with van der Waals surface area (Å²) in [5.41, 5.74) is -0.385. The molecule has 1 aromatic rings. The standard InChI is InChI=1S/C10H10ClFO2/c11-7-3-6(5-10(14)1-2-10)9(13)8(12)4-7/h3-4,13-14H,1-2,5H2. The zero-order valence-corrected chi connectivity index (χ0v) is 8.18. The lowest BCUT2D eigenvalue weighted by Crippen LogP contribution is -2.11. The van der Waals surface area contributed by atoms with Crippen LogP contribution in [0.25, 0.3) is 0 Å². The van der Waals surface area contributed by atoms with Crippen LogP contribution >= 0.6 is 11.6 Å². The number of aliphatic hydroxyl groups is 1. The zero-order chi connectivity index (χ0) is 10.3. The van der Waals surface area contributed by atoms with Crippen molar-refractivity contribution in [3.8, 4) is 5.75 Å². The first-order valence-electron chi connectivity index (χ1n) is 4.39. The van der Waals surface area contributed by atoms with E-state index in [0.717, 1.165) is 6.07 Å². The Kier molecular flexibility index (Phi) is 2.16. The van der Waals surface area contributed by atoms with Crippen LogP contribution in [0.2, 0.25) is 5.02 Å². The topological polar surface area (TPSA) is 40.5 Å². The van der Waals surface area contributed by atoms with Crippen molar-refractivity contribution in [2.24, 2.45) is 0 Å². The Morgan fingerprint density at radius 1 is 1.43 bits per heavy atom. The second-order valence-electron chi connectivity index (χ2n) is 3.80. The van der Waals surface area contributed by atoms with Gasteiger partial charge in [0.15, 0.2) is 11.6 Å². The van der Waals surface area contributed by atoms with E-state index >= 15 is 0 Å². The van der Waals surface area contributed by atoms with Crippen LogP contribution in [0.5, 0.6) is 5.75 Å². The van der Waals surface area contributed by atoms with Gasteiger partial charge in [-0.1, -0.05) is 11.6 Å². The van der Waals surface area contributed by atoms with Gasteiger partial charge in [-0.3, -0.25) is 0 Å². The first-order chi connectivity index (χ1) is 6.50. The predicted molar refractivity (Wildman–Crippen MR) is 51.0 cm³/mol. The molecule has 4 heteroatoms. The molecule has 1 aliphatic carbocycles. The van der Waals surface area contributed by atoms with E-state index in [1.807, 2.05) is 0 Å². The van der Waals surface area contributed by atoms with Gasteiger partial charge in [0.1, 0.15) is 0 Å². The van der Waals surface area contributed by atoms with E-state index in [2.05, 4.69) is 0 Å². The molecule has 1 aromatic carbocycles. The molecule has 2 nitrogen and oxygen atoms in total. The fourth-order valence-electron chi connectivity index (χ4n) is 1.43. The van der Waals surface area contributed by atoms with Crippen molar-refractivity contribution >= 4 is 11.6 Å². The van der Waals surface area contributed by atoms with Crippen LogP contribution in [0.15, 0.2) is 12.1 Å². The number of rotatable bonds is 2. The lowest BCUT2D eigenvalue weighted by molar-refractivity contribution is 0.149. The molecule has 0 aromatic heterocycles. The number of hydrogen-bond donors (Lipinski definition) is 2. The van der Waals surface area contributed by atoms with E-state index in [0.29, 0.717) is 18.4 Å². The molecule has 1 fully saturated rings. The van der Waals surface area contributed by atoms with Gasteiger partial charge >= 0.3 is 0 Å². The summed E-state index contributed by atoms with van der Waals surface area (Å²) in [4.78, 5) is 0. The third-order valence-electron chi connectivity index (χ3n) is 2.45. The summed E-state index contributed by atoms with van der Waals surface area (Å²) in [6.07, 6.45) is 1.65. The van der Waals surface area contributed by atoms with Gasteiger partial charge in [-0.25, -0.2) is 4.39 Å². The number of phenolic OH excluding ortho intramolecular Hbond substituents is 1. The van der Waals surface area contributed by atoms with Gasteiger partial charge in [0, 0.05) is 17.0 Å². The smallest absolute Gasteiger partial charge is 0.166 e. The highest BCUT2D eigenvalue weighted by Gasteiger charge is 2.41. The average molecular weight is 217 g/mol. The largest absolute Gasteiger partial charge is 0.505 e. The molecule has 0 bridgehead atoms. The molecule has 0 heterocycles. The van der Waals surface area contributed by atoms with Crippen LogP contribution in [-0.4, -0.2) is 15.8 Å². The van der Waals surface area contributed by atoms with Gasteiger partial charge in [-0.2, -0.15) is 0 Å². The van der Waals surface area contributed by atoms with Crippen molar-refractivity contribution in [3.05, 3.63) is 28.5 Å². The molecular weight excluding hydrogens is 207 g/mol. The maximum atomic E-state index is 13.0. The molecule has 14 heavy (non-hydrogen) atoms. The van der Waals surface area contributed by atoms with E-state index in [1.165, 1.54) is 6.07 Å². The Bertz CT molecular complexity index is 375. The fourth-order valence-corrected chi connectivity index (χ4v) is 1.66. The Hall–Kier alpha value is -0.800. The molecule has 1 aliphatic rings. The fraction of sp³-hybridized carbons (Fsp3) is 0.400. The molecule has 2 N–H and O–H groups in total. The molecule has 2 rings (SSSR count). The van der Waals surface area contributed by atoms with Gasteiger partial charge in [-0.15, -0.1) is 0 Å². The molecule has 0 aliphatic heterocycles. The minimum absolute atomic E-state index is 0.236. The van der Waals surface area contributed by atoms with Gasteiger partial charge < -0.3 is 10.2 Å². The molecule has 0 unspecified atom stereocenters. The lowest BCUT2D eigenvalue weighted by atomic mass is 10.1. The number of aromatic hydroxyl groups is 1. The zero-order valence-electron chi connectivity index (χ0n) is 7.43. The van der Waals surface area contributed by atoms with Crippen molar-refractivity contribution in [3.63, 3.8) is 0 Å². The van der Waals surface area contributed by atoms with E-state index in [4.69, 9.17) is 11.6 Å². The summed E-state index contributed by atoms with van der Waals surface area (Å²) >= 11 is 5.64. The highest BCUT2D eigenvalue weighted by atomic mass is 35.5. The van der Waals surface area contributed by atoms with E-state index in [9.17, 15) is 14.6 Å². The molecule has 0 saturated heterocycles. The van der Waals surface area contributed by atoms with Gasteiger partial charge in [0.2, 0.25) is 0 Å². The van der Waals surface area contributed by atoms with E-state index in [-0.39, 0.29) is 11.4 Å². The first-order valence-corrected chi connectivity index (χ1v) is 4.77. The van der Waals surface area contributed by atoms with Crippen molar-refractivity contribution < 1.29 is 14.6 Å². The number of benzene rings is 1. The van der Waals surface area contributed by atoms with Gasteiger partial charge in [0.25, 0.3) is 0 Å². The summed E-state index contributed by atoms with van der Waals surface area (Å²) in [6, 6.07) is 2.54. The van der Waals surface area contributed by atoms with Gasteiger partial charge in [-0.05, 0) is 25.0 Å². The third kappa shape index (κ3) is 1.83. The summed E-state index contributed by atoms with van der Waals surface area (Å²) in [5.74, 6) is -1.15. The average Bonchev–Trinajstić information content (AvgIpc) is 2.79. The first kappa shape index (κ1) is 9.74. The molecule has 76 valence electrons. The van der Waals surface area contributed by atoms with Crippen LogP contribution in [-0.2, 0) is 6.42 Å². The molecule has 1 saturated carbocycles. The Labute approximate surface area is 85.9 Å². The predicted octanol–water partition coefficient (Wildman–Crippen LogP) is 2.25. The quantitative estimate of drug-likeness (QED) is 0.796. The molecule has 0 spiro atoms. The molecule has 0 amide bonds. The molecule has 0 radical (unpaired) electrons. The summed E-state index contributed by atoms with van der Waals surface area (Å²) in [5, 5.41) is 19.2. The maximum Gasteiger partial charge on any atom is 0.166 e. The Morgan fingerprint density at radius 2 is 2.07 bits per heavy atom. The highest BCUT2D eigenvalue weighted by molar-refractivity contribution is 6.30. The normalized spacial score (nSPS) is 18.2. The van der Waals surface area contributed by atoms with Crippen molar-refractivity contribution in [1.82, 2.24) is 0 Å².